The smallest absolute Gasteiger partial charge is 0.308 e. The monoisotopic (exact) mass is 252 g/mol. The van der Waals surface area contributed by atoms with Crippen LogP contribution in [0.15, 0.2) is 18.5 Å². The minimum Gasteiger partial charge on any atom is -0.493 e. The Morgan fingerprint density at radius 1 is 1.29 bits per heavy atom. The fourth-order valence-electron chi connectivity index (χ4n) is 1.43. The quantitative estimate of drug-likeness (QED) is 0.466. The Labute approximate surface area is 102 Å². The predicted molar refractivity (Wildman–Crippen MR) is 62.4 cm³/mol. The number of rotatable bonds is 2. The van der Waals surface area contributed by atoms with Crippen LogP contribution in [0.3, 0.4) is 0 Å². The van der Waals surface area contributed by atoms with Gasteiger partial charge in [-0.05, 0) is 6.07 Å². The largest absolute Gasteiger partial charge is 0.493 e. The molecule has 0 bridgehead atoms. The van der Waals surface area contributed by atoms with Crippen LogP contribution < -0.4 is 9.47 Å². The molecule has 17 heavy (non-hydrogen) atoms. The number of methoxy groups -OCH3 is 1. The van der Waals surface area contributed by atoms with Gasteiger partial charge in [-0.25, -0.2) is 9.97 Å². The summed E-state index contributed by atoms with van der Waals surface area (Å²) >= 11 is 5.93. The molecule has 0 amide bonds. The van der Waals surface area contributed by atoms with E-state index in [4.69, 9.17) is 21.1 Å². The van der Waals surface area contributed by atoms with Crippen molar-refractivity contribution in [1.82, 2.24) is 9.97 Å². The molecule has 2 aromatic rings. The summed E-state index contributed by atoms with van der Waals surface area (Å²) < 4.78 is 10.1. The molecule has 0 unspecified atom stereocenters. The minimum absolute atomic E-state index is 0.296. The summed E-state index contributed by atoms with van der Waals surface area (Å²) in [5.74, 6) is 0.280. The van der Waals surface area contributed by atoms with E-state index < -0.39 is 5.97 Å². The van der Waals surface area contributed by atoms with E-state index in [-0.39, 0.29) is 0 Å². The first-order chi connectivity index (χ1) is 8.11. The highest BCUT2D eigenvalue weighted by Crippen LogP contribution is 2.33. The van der Waals surface area contributed by atoms with E-state index in [9.17, 15) is 4.79 Å². The lowest BCUT2D eigenvalue weighted by Gasteiger charge is -2.09. The molecule has 0 fully saturated rings. The van der Waals surface area contributed by atoms with E-state index in [1.165, 1.54) is 20.4 Å². The molecular weight excluding hydrogens is 244 g/mol. The number of benzene rings is 1. The van der Waals surface area contributed by atoms with E-state index in [0.29, 0.717) is 27.6 Å². The maximum absolute atomic E-state index is 11.0. The number of carbonyl (C=O) groups excluding carboxylic acids is 1. The summed E-state index contributed by atoms with van der Waals surface area (Å²) in [6.07, 6.45) is 1.36. The zero-order chi connectivity index (χ0) is 12.4. The third-order valence-corrected chi connectivity index (χ3v) is 2.43. The molecule has 6 heteroatoms. The Morgan fingerprint density at radius 2 is 2.06 bits per heavy atom. The summed E-state index contributed by atoms with van der Waals surface area (Å²) in [7, 11) is 1.48. The SMILES string of the molecule is COc1cc2ncnc(Cl)c2cc1OC(C)=O. The highest BCUT2D eigenvalue weighted by Gasteiger charge is 2.11. The number of esters is 1. The molecule has 0 aliphatic heterocycles. The summed E-state index contributed by atoms with van der Waals surface area (Å²) in [4.78, 5) is 18.9. The average molecular weight is 253 g/mol. The van der Waals surface area contributed by atoms with Gasteiger partial charge in [-0.3, -0.25) is 4.79 Å². The summed E-state index contributed by atoms with van der Waals surface area (Å²) in [5, 5.41) is 0.900. The van der Waals surface area contributed by atoms with Gasteiger partial charge in [0.15, 0.2) is 11.5 Å². The van der Waals surface area contributed by atoms with Gasteiger partial charge >= 0.3 is 5.97 Å². The van der Waals surface area contributed by atoms with Crippen LogP contribution in [0.2, 0.25) is 5.15 Å². The molecule has 2 rings (SSSR count). The van der Waals surface area contributed by atoms with Crippen molar-refractivity contribution in [2.45, 2.75) is 6.92 Å². The van der Waals surface area contributed by atoms with Crippen LogP contribution in [-0.4, -0.2) is 23.0 Å². The van der Waals surface area contributed by atoms with Crippen LogP contribution in [0.1, 0.15) is 6.92 Å². The lowest BCUT2D eigenvalue weighted by Crippen LogP contribution is -2.03. The van der Waals surface area contributed by atoms with E-state index in [2.05, 4.69) is 9.97 Å². The number of fused-ring (bicyclic) bond motifs is 1. The number of hydrogen-bond acceptors (Lipinski definition) is 5. The van der Waals surface area contributed by atoms with Crippen LogP contribution in [-0.2, 0) is 4.79 Å². The van der Waals surface area contributed by atoms with Crippen molar-refractivity contribution in [3.05, 3.63) is 23.6 Å². The van der Waals surface area contributed by atoms with Gasteiger partial charge in [0.25, 0.3) is 0 Å². The minimum atomic E-state index is -0.435. The van der Waals surface area contributed by atoms with Crippen LogP contribution in [0.25, 0.3) is 10.9 Å². The van der Waals surface area contributed by atoms with Crippen LogP contribution >= 0.6 is 11.6 Å². The van der Waals surface area contributed by atoms with E-state index in [1.807, 2.05) is 0 Å². The van der Waals surface area contributed by atoms with Gasteiger partial charge in [0.1, 0.15) is 11.5 Å². The Bertz CT molecular complexity index is 586. The second kappa shape index (κ2) is 4.55. The van der Waals surface area contributed by atoms with Gasteiger partial charge < -0.3 is 9.47 Å². The van der Waals surface area contributed by atoms with Crippen molar-refractivity contribution in [2.75, 3.05) is 7.11 Å². The van der Waals surface area contributed by atoms with Gasteiger partial charge in [0.05, 0.1) is 12.6 Å². The molecule has 0 N–H and O–H groups in total. The third-order valence-electron chi connectivity index (χ3n) is 2.13. The highest BCUT2D eigenvalue weighted by molar-refractivity contribution is 6.34. The predicted octanol–water partition coefficient (Wildman–Crippen LogP) is 2.22. The van der Waals surface area contributed by atoms with Crippen molar-refractivity contribution in [3.8, 4) is 11.5 Å². The summed E-state index contributed by atoms with van der Waals surface area (Å²) in [5.41, 5.74) is 0.623. The van der Waals surface area contributed by atoms with E-state index >= 15 is 0 Å². The lowest BCUT2D eigenvalue weighted by molar-refractivity contribution is -0.131. The maximum Gasteiger partial charge on any atom is 0.308 e. The molecule has 1 aromatic heterocycles. The highest BCUT2D eigenvalue weighted by atomic mass is 35.5. The lowest BCUT2D eigenvalue weighted by atomic mass is 10.2. The maximum atomic E-state index is 11.0. The van der Waals surface area contributed by atoms with Crippen LogP contribution in [0, 0.1) is 0 Å². The Kier molecular flexibility index (Phi) is 3.10. The summed E-state index contributed by atoms with van der Waals surface area (Å²) in [6.45, 7) is 1.31. The van der Waals surface area contributed by atoms with Crippen LogP contribution in [0.5, 0.6) is 11.5 Å². The number of nitrogens with zero attached hydrogens (tertiary/aromatic N) is 2. The standard InChI is InChI=1S/C11H9ClN2O3/c1-6(15)17-10-3-7-8(4-9(10)16-2)13-5-14-11(7)12/h3-5H,1-2H3. The Hall–Kier alpha value is -1.88. The Balaban J connectivity index is 2.65. The summed E-state index contributed by atoms with van der Waals surface area (Å²) in [6, 6.07) is 3.22. The number of hydrogen-bond donors (Lipinski definition) is 0. The second-order valence-electron chi connectivity index (χ2n) is 3.28. The van der Waals surface area contributed by atoms with Gasteiger partial charge in [-0.2, -0.15) is 0 Å². The number of ether oxygens (including phenoxy) is 2. The van der Waals surface area contributed by atoms with Crippen molar-refractivity contribution in [1.29, 1.82) is 0 Å². The normalized spacial score (nSPS) is 10.3. The second-order valence-corrected chi connectivity index (χ2v) is 3.64. The first-order valence-electron chi connectivity index (χ1n) is 4.78. The van der Waals surface area contributed by atoms with Crippen molar-refractivity contribution < 1.29 is 14.3 Å². The topological polar surface area (TPSA) is 61.3 Å². The number of carbonyl (C=O) groups is 1. The molecule has 0 aliphatic carbocycles. The molecular formula is C11H9ClN2O3. The Morgan fingerprint density at radius 3 is 2.71 bits per heavy atom. The first-order valence-corrected chi connectivity index (χ1v) is 5.16. The van der Waals surface area contributed by atoms with Gasteiger partial charge in [0, 0.05) is 18.4 Å². The van der Waals surface area contributed by atoms with Gasteiger partial charge in [-0.15, -0.1) is 0 Å². The van der Waals surface area contributed by atoms with Crippen molar-refractivity contribution in [3.63, 3.8) is 0 Å². The molecule has 1 aromatic carbocycles. The molecule has 1 heterocycles. The fraction of sp³-hybridized carbons (Fsp3) is 0.182. The first kappa shape index (κ1) is 11.6. The van der Waals surface area contributed by atoms with Gasteiger partial charge in [0.2, 0.25) is 0 Å². The number of halogens is 1. The van der Waals surface area contributed by atoms with Crippen molar-refractivity contribution >= 4 is 28.5 Å². The average Bonchev–Trinajstić information content (AvgIpc) is 2.29. The molecule has 5 nitrogen and oxygen atoms in total. The molecule has 0 aliphatic rings. The molecule has 0 saturated carbocycles. The zero-order valence-electron chi connectivity index (χ0n) is 9.23. The zero-order valence-corrected chi connectivity index (χ0v) is 9.99. The number of aromatic nitrogens is 2. The molecule has 88 valence electrons. The van der Waals surface area contributed by atoms with Crippen LogP contribution in [0.4, 0.5) is 0 Å². The fourth-order valence-corrected chi connectivity index (χ4v) is 1.62. The molecule has 0 saturated heterocycles. The van der Waals surface area contributed by atoms with E-state index in [1.54, 1.807) is 12.1 Å². The molecule has 0 spiro atoms. The van der Waals surface area contributed by atoms with Gasteiger partial charge in [-0.1, -0.05) is 11.6 Å². The molecule has 0 radical (unpaired) electrons. The van der Waals surface area contributed by atoms with E-state index in [0.717, 1.165) is 0 Å². The van der Waals surface area contributed by atoms with Crippen molar-refractivity contribution in [2.24, 2.45) is 0 Å². The molecule has 0 atom stereocenters. The third kappa shape index (κ3) is 2.29.